The summed E-state index contributed by atoms with van der Waals surface area (Å²) in [5.41, 5.74) is 6.29. The molecule has 2 atom stereocenters. The van der Waals surface area contributed by atoms with E-state index < -0.39 is 6.10 Å². The fourth-order valence-electron chi connectivity index (χ4n) is 2.43. The molecule has 108 valence electrons. The van der Waals surface area contributed by atoms with E-state index in [1.54, 1.807) is 11.3 Å². The number of aliphatic hydroxyl groups is 1. The number of thiazole rings is 1. The number of hydrogen-bond donors (Lipinski definition) is 2. The quantitative estimate of drug-likeness (QED) is 0.893. The lowest BCUT2D eigenvalue weighted by Crippen LogP contribution is -2.43. The number of hydrogen-bond acceptors (Lipinski definition) is 5. The highest BCUT2D eigenvalue weighted by Crippen LogP contribution is 2.41. The molecule has 0 amide bonds. The Balaban J connectivity index is 2.22. The fraction of sp³-hybridized carbons (Fsp3) is 0.786. The predicted octanol–water partition coefficient (Wildman–Crippen LogP) is 2.23. The average Bonchev–Trinajstić information content (AvgIpc) is 2.88. The van der Waals surface area contributed by atoms with Gasteiger partial charge < -0.3 is 15.6 Å². The van der Waals surface area contributed by atoms with Gasteiger partial charge >= 0.3 is 0 Å². The standard InChI is InChI=1S/C14H24N2O2S/c1-13(2,3)12-16-10(7-19-12)11(17)14(8-15)5-4-6-18-9-14/h7,11,17H,4-6,8-9,15H2,1-3H3. The van der Waals surface area contributed by atoms with Crippen molar-refractivity contribution < 1.29 is 9.84 Å². The third-order valence-corrected chi connectivity index (χ3v) is 5.07. The van der Waals surface area contributed by atoms with E-state index in [-0.39, 0.29) is 10.8 Å². The van der Waals surface area contributed by atoms with E-state index in [0.717, 1.165) is 30.2 Å². The van der Waals surface area contributed by atoms with Gasteiger partial charge in [-0.15, -0.1) is 11.3 Å². The van der Waals surface area contributed by atoms with E-state index in [2.05, 4.69) is 25.8 Å². The van der Waals surface area contributed by atoms with Crippen LogP contribution in [0.4, 0.5) is 0 Å². The van der Waals surface area contributed by atoms with Crippen LogP contribution in [0.1, 0.15) is 50.4 Å². The van der Waals surface area contributed by atoms with Crippen molar-refractivity contribution in [2.24, 2.45) is 11.1 Å². The lowest BCUT2D eigenvalue weighted by Gasteiger charge is -2.39. The molecule has 0 radical (unpaired) electrons. The Morgan fingerprint density at radius 3 is 2.79 bits per heavy atom. The minimum absolute atomic E-state index is 0.0155. The van der Waals surface area contributed by atoms with E-state index in [0.29, 0.717) is 13.2 Å². The van der Waals surface area contributed by atoms with Gasteiger partial charge in [0.25, 0.3) is 0 Å². The monoisotopic (exact) mass is 284 g/mol. The van der Waals surface area contributed by atoms with Crippen LogP contribution in [0.15, 0.2) is 5.38 Å². The number of rotatable bonds is 3. The maximum absolute atomic E-state index is 10.7. The van der Waals surface area contributed by atoms with Gasteiger partial charge in [-0.2, -0.15) is 0 Å². The molecule has 0 spiro atoms. The van der Waals surface area contributed by atoms with Gasteiger partial charge in [0.1, 0.15) is 6.10 Å². The molecule has 5 heteroatoms. The molecule has 0 aliphatic carbocycles. The van der Waals surface area contributed by atoms with Gasteiger partial charge in [-0.1, -0.05) is 20.8 Å². The molecular formula is C14H24N2O2S. The third kappa shape index (κ3) is 2.99. The van der Waals surface area contributed by atoms with Gasteiger partial charge in [-0.3, -0.25) is 0 Å². The Hall–Kier alpha value is -0.490. The summed E-state index contributed by atoms with van der Waals surface area (Å²) in [6.45, 7) is 8.10. The van der Waals surface area contributed by atoms with Crippen LogP contribution < -0.4 is 5.73 Å². The van der Waals surface area contributed by atoms with Gasteiger partial charge in [0.05, 0.1) is 17.3 Å². The molecule has 2 unspecified atom stereocenters. The minimum atomic E-state index is -0.634. The summed E-state index contributed by atoms with van der Waals surface area (Å²) in [4.78, 5) is 4.61. The van der Waals surface area contributed by atoms with E-state index in [9.17, 15) is 5.11 Å². The number of nitrogens with zero attached hydrogens (tertiary/aromatic N) is 1. The maximum Gasteiger partial charge on any atom is 0.106 e. The summed E-state index contributed by atoms with van der Waals surface area (Å²) in [6.07, 6.45) is 1.21. The summed E-state index contributed by atoms with van der Waals surface area (Å²) in [5, 5.41) is 13.7. The first kappa shape index (κ1) is 14.9. The number of aromatic nitrogens is 1. The van der Waals surface area contributed by atoms with Gasteiger partial charge in [0.15, 0.2) is 0 Å². The summed E-state index contributed by atoms with van der Waals surface area (Å²) < 4.78 is 5.53. The fourth-order valence-corrected chi connectivity index (χ4v) is 3.36. The average molecular weight is 284 g/mol. The second kappa shape index (κ2) is 5.48. The molecule has 2 rings (SSSR count). The first-order valence-corrected chi connectivity index (χ1v) is 7.69. The van der Waals surface area contributed by atoms with Crippen LogP contribution in [0.3, 0.4) is 0 Å². The van der Waals surface area contributed by atoms with Crippen molar-refractivity contribution in [1.82, 2.24) is 4.98 Å². The molecule has 4 nitrogen and oxygen atoms in total. The highest BCUT2D eigenvalue weighted by Gasteiger charge is 2.41. The summed E-state index contributed by atoms with van der Waals surface area (Å²) in [6, 6.07) is 0. The Morgan fingerprint density at radius 2 is 2.32 bits per heavy atom. The molecule has 1 aliphatic rings. The second-order valence-electron chi connectivity index (χ2n) is 6.45. The summed E-state index contributed by atoms with van der Waals surface area (Å²) in [5.74, 6) is 0. The largest absolute Gasteiger partial charge is 0.386 e. The van der Waals surface area contributed by atoms with E-state index >= 15 is 0 Å². The third-order valence-electron chi connectivity index (χ3n) is 3.78. The van der Waals surface area contributed by atoms with Crippen LogP contribution in [0, 0.1) is 5.41 Å². The molecule has 1 aromatic rings. The normalized spacial score (nSPS) is 26.4. The van der Waals surface area contributed by atoms with E-state index in [1.165, 1.54) is 0 Å². The first-order valence-electron chi connectivity index (χ1n) is 6.81. The van der Waals surface area contributed by atoms with Gasteiger partial charge in [0, 0.05) is 29.4 Å². The van der Waals surface area contributed by atoms with E-state index in [1.807, 2.05) is 5.38 Å². The van der Waals surface area contributed by atoms with Gasteiger partial charge in [0.2, 0.25) is 0 Å². The SMILES string of the molecule is CC(C)(C)c1nc(C(O)C2(CN)CCCOC2)cs1. The molecule has 0 bridgehead atoms. The number of aliphatic hydroxyl groups excluding tert-OH is 1. The van der Waals surface area contributed by atoms with Crippen molar-refractivity contribution >= 4 is 11.3 Å². The zero-order valence-electron chi connectivity index (χ0n) is 12.0. The molecular weight excluding hydrogens is 260 g/mol. The Bertz CT molecular complexity index is 419. The van der Waals surface area contributed by atoms with Crippen molar-refractivity contribution in [3.63, 3.8) is 0 Å². The topological polar surface area (TPSA) is 68.4 Å². The van der Waals surface area contributed by atoms with Crippen LogP contribution >= 0.6 is 11.3 Å². The number of ether oxygens (including phenoxy) is 1. The van der Waals surface area contributed by atoms with Crippen molar-refractivity contribution in [2.75, 3.05) is 19.8 Å². The second-order valence-corrected chi connectivity index (χ2v) is 7.31. The molecule has 19 heavy (non-hydrogen) atoms. The zero-order chi connectivity index (χ0) is 14.1. The molecule has 3 N–H and O–H groups in total. The highest BCUT2D eigenvalue weighted by molar-refractivity contribution is 7.09. The van der Waals surface area contributed by atoms with Crippen molar-refractivity contribution in [1.29, 1.82) is 0 Å². The van der Waals surface area contributed by atoms with Crippen molar-refractivity contribution in [2.45, 2.75) is 45.1 Å². The smallest absolute Gasteiger partial charge is 0.106 e. The van der Waals surface area contributed by atoms with Crippen LogP contribution in [0.5, 0.6) is 0 Å². The van der Waals surface area contributed by atoms with E-state index in [4.69, 9.17) is 10.5 Å². The Kier molecular flexibility index (Phi) is 4.30. The molecule has 1 fully saturated rings. The van der Waals surface area contributed by atoms with Crippen molar-refractivity contribution in [3.05, 3.63) is 16.1 Å². The molecule has 0 saturated carbocycles. The lowest BCUT2D eigenvalue weighted by atomic mass is 9.76. The first-order chi connectivity index (χ1) is 8.89. The van der Waals surface area contributed by atoms with Crippen LogP contribution in [-0.2, 0) is 10.2 Å². The molecule has 1 aliphatic heterocycles. The van der Waals surface area contributed by atoms with Crippen LogP contribution in [-0.4, -0.2) is 29.8 Å². The number of nitrogens with two attached hydrogens (primary N) is 1. The molecule has 0 aromatic carbocycles. The summed E-state index contributed by atoms with van der Waals surface area (Å²) >= 11 is 1.61. The molecule has 1 aromatic heterocycles. The Labute approximate surface area is 119 Å². The lowest BCUT2D eigenvalue weighted by molar-refractivity contribution is -0.0795. The van der Waals surface area contributed by atoms with Gasteiger partial charge in [-0.25, -0.2) is 4.98 Å². The Morgan fingerprint density at radius 1 is 1.58 bits per heavy atom. The minimum Gasteiger partial charge on any atom is -0.386 e. The molecule has 1 saturated heterocycles. The highest BCUT2D eigenvalue weighted by atomic mass is 32.1. The summed E-state index contributed by atoms with van der Waals surface area (Å²) in [7, 11) is 0. The maximum atomic E-state index is 10.7. The van der Waals surface area contributed by atoms with Crippen LogP contribution in [0.25, 0.3) is 0 Å². The van der Waals surface area contributed by atoms with Crippen molar-refractivity contribution in [3.8, 4) is 0 Å². The predicted molar refractivity (Wildman–Crippen MR) is 77.3 cm³/mol. The zero-order valence-corrected chi connectivity index (χ0v) is 12.8. The van der Waals surface area contributed by atoms with Crippen LogP contribution in [0.2, 0.25) is 0 Å². The molecule has 2 heterocycles. The van der Waals surface area contributed by atoms with Gasteiger partial charge in [-0.05, 0) is 12.8 Å².